The molecular formula is C19H16F3N5O. The number of alkyl halides is 3. The van der Waals surface area contributed by atoms with Crippen LogP contribution in [0.5, 0.6) is 5.75 Å². The number of hydrogen-bond donors (Lipinski definition) is 2. The molecule has 0 saturated heterocycles. The van der Waals surface area contributed by atoms with E-state index in [9.17, 15) is 13.2 Å². The average molecular weight is 387 g/mol. The molecule has 28 heavy (non-hydrogen) atoms. The van der Waals surface area contributed by atoms with Crippen LogP contribution in [0.2, 0.25) is 0 Å². The minimum atomic E-state index is -4.75. The molecule has 4 rings (SSSR count). The van der Waals surface area contributed by atoms with Gasteiger partial charge in [0.2, 0.25) is 5.95 Å². The first-order valence-corrected chi connectivity index (χ1v) is 8.64. The van der Waals surface area contributed by atoms with Crippen LogP contribution < -0.4 is 15.4 Å². The van der Waals surface area contributed by atoms with Crippen molar-refractivity contribution in [3.63, 3.8) is 0 Å². The number of hydrogen-bond acceptors (Lipinski definition) is 6. The van der Waals surface area contributed by atoms with E-state index in [0.29, 0.717) is 34.9 Å². The van der Waals surface area contributed by atoms with Crippen LogP contribution >= 0.6 is 0 Å². The Kier molecular flexibility index (Phi) is 4.72. The highest BCUT2D eigenvalue weighted by Gasteiger charge is 2.31. The molecule has 0 amide bonds. The summed E-state index contributed by atoms with van der Waals surface area (Å²) in [6, 6.07) is 13.1. The van der Waals surface area contributed by atoms with Crippen molar-refractivity contribution in [3.8, 4) is 17.1 Å². The molecule has 2 aromatic heterocycles. The quantitative estimate of drug-likeness (QED) is 0.636. The van der Waals surface area contributed by atoms with E-state index in [1.165, 1.54) is 18.2 Å². The van der Waals surface area contributed by atoms with E-state index < -0.39 is 6.36 Å². The van der Waals surface area contributed by atoms with Gasteiger partial charge < -0.3 is 15.4 Å². The highest BCUT2D eigenvalue weighted by molar-refractivity contribution is 5.66. The van der Waals surface area contributed by atoms with Gasteiger partial charge in [0.15, 0.2) is 0 Å². The topological polar surface area (TPSA) is 72.0 Å². The zero-order valence-electron chi connectivity index (χ0n) is 14.6. The molecule has 0 spiro atoms. The predicted octanol–water partition coefficient (Wildman–Crippen LogP) is 4.76. The summed E-state index contributed by atoms with van der Waals surface area (Å²) < 4.78 is 41.3. The molecule has 2 N–H and O–H groups in total. The van der Waals surface area contributed by atoms with Crippen molar-refractivity contribution in [1.29, 1.82) is 0 Å². The van der Waals surface area contributed by atoms with E-state index >= 15 is 0 Å². The predicted molar refractivity (Wildman–Crippen MR) is 98.3 cm³/mol. The maximum absolute atomic E-state index is 12.4. The largest absolute Gasteiger partial charge is 0.573 e. The second-order valence-electron chi connectivity index (χ2n) is 6.30. The van der Waals surface area contributed by atoms with E-state index in [2.05, 4.69) is 30.3 Å². The standard InChI is InChI=1S/C19H16F3N5O/c20-19(21,22)28-14-5-3-4-13(10-14)24-17-11-16(15-6-1-2-9-23-15)26-18(27-17)25-12-7-8-12/h1-6,9-12H,7-8H2,(H2,24,25,26,27). The normalized spacial score (nSPS) is 13.8. The Hall–Kier alpha value is -3.36. The van der Waals surface area contributed by atoms with Crippen LogP contribution in [0.15, 0.2) is 54.7 Å². The maximum atomic E-state index is 12.4. The second-order valence-corrected chi connectivity index (χ2v) is 6.30. The van der Waals surface area contributed by atoms with Gasteiger partial charge in [-0.2, -0.15) is 4.98 Å². The molecule has 1 aromatic carbocycles. The van der Waals surface area contributed by atoms with Gasteiger partial charge in [0.1, 0.15) is 11.6 Å². The molecule has 0 radical (unpaired) electrons. The molecule has 9 heteroatoms. The minimum Gasteiger partial charge on any atom is -0.406 e. The lowest BCUT2D eigenvalue weighted by Crippen LogP contribution is -2.17. The van der Waals surface area contributed by atoms with Crippen LogP contribution in [0.4, 0.5) is 30.6 Å². The van der Waals surface area contributed by atoms with E-state index in [4.69, 9.17) is 0 Å². The van der Waals surface area contributed by atoms with Gasteiger partial charge in [-0.25, -0.2) is 4.98 Å². The number of pyridine rings is 1. The summed E-state index contributed by atoms with van der Waals surface area (Å²) in [6.45, 7) is 0. The Bertz CT molecular complexity index is 961. The third kappa shape index (κ3) is 4.87. The lowest BCUT2D eigenvalue weighted by molar-refractivity contribution is -0.274. The Morgan fingerprint density at radius 3 is 2.54 bits per heavy atom. The van der Waals surface area contributed by atoms with Crippen molar-refractivity contribution in [2.24, 2.45) is 0 Å². The number of ether oxygens (including phenoxy) is 1. The zero-order chi connectivity index (χ0) is 19.6. The Morgan fingerprint density at radius 2 is 1.82 bits per heavy atom. The number of rotatable bonds is 6. The molecule has 1 aliphatic carbocycles. The van der Waals surface area contributed by atoms with Crippen molar-refractivity contribution in [1.82, 2.24) is 15.0 Å². The van der Waals surface area contributed by atoms with Crippen LogP contribution in [0, 0.1) is 0 Å². The van der Waals surface area contributed by atoms with E-state index in [-0.39, 0.29) is 5.75 Å². The summed E-state index contributed by atoms with van der Waals surface area (Å²) in [4.78, 5) is 13.2. The van der Waals surface area contributed by atoms with Gasteiger partial charge in [-0.3, -0.25) is 4.98 Å². The molecule has 1 aliphatic rings. The third-order valence-electron chi connectivity index (χ3n) is 3.90. The average Bonchev–Trinajstić information content (AvgIpc) is 3.45. The molecule has 2 heterocycles. The van der Waals surface area contributed by atoms with E-state index in [0.717, 1.165) is 12.8 Å². The highest BCUT2D eigenvalue weighted by atomic mass is 19.4. The number of nitrogens with one attached hydrogen (secondary N) is 2. The van der Waals surface area contributed by atoms with Gasteiger partial charge in [-0.1, -0.05) is 12.1 Å². The molecule has 3 aromatic rings. The first-order chi connectivity index (χ1) is 13.4. The van der Waals surface area contributed by atoms with Crippen LogP contribution in [0.3, 0.4) is 0 Å². The fourth-order valence-corrected chi connectivity index (χ4v) is 2.55. The summed E-state index contributed by atoms with van der Waals surface area (Å²) in [5, 5.41) is 6.24. The van der Waals surface area contributed by atoms with Gasteiger partial charge in [0.05, 0.1) is 11.4 Å². The van der Waals surface area contributed by atoms with Crippen LogP contribution in [0.25, 0.3) is 11.4 Å². The Morgan fingerprint density at radius 1 is 0.964 bits per heavy atom. The van der Waals surface area contributed by atoms with Crippen molar-refractivity contribution in [2.45, 2.75) is 25.2 Å². The monoisotopic (exact) mass is 387 g/mol. The summed E-state index contributed by atoms with van der Waals surface area (Å²) in [5.74, 6) is 0.562. The molecule has 1 fully saturated rings. The van der Waals surface area contributed by atoms with Crippen molar-refractivity contribution in [2.75, 3.05) is 10.6 Å². The van der Waals surface area contributed by atoms with Crippen molar-refractivity contribution < 1.29 is 17.9 Å². The van der Waals surface area contributed by atoms with Gasteiger partial charge in [0, 0.05) is 30.1 Å². The summed E-state index contributed by atoms with van der Waals surface area (Å²) in [7, 11) is 0. The fourth-order valence-electron chi connectivity index (χ4n) is 2.55. The Labute approximate surface area is 158 Å². The molecule has 1 saturated carbocycles. The maximum Gasteiger partial charge on any atom is 0.573 e. The lowest BCUT2D eigenvalue weighted by atomic mass is 10.2. The number of aromatic nitrogens is 3. The smallest absolute Gasteiger partial charge is 0.406 e. The summed E-state index contributed by atoms with van der Waals surface area (Å²) >= 11 is 0. The Balaban J connectivity index is 1.62. The zero-order valence-corrected chi connectivity index (χ0v) is 14.6. The van der Waals surface area contributed by atoms with Gasteiger partial charge in [-0.15, -0.1) is 13.2 Å². The van der Waals surface area contributed by atoms with Crippen LogP contribution in [-0.2, 0) is 0 Å². The summed E-state index contributed by atoms with van der Waals surface area (Å²) in [5.41, 5.74) is 1.68. The molecule has 0 atom stereocenters. The lowest BCUT2D eigenvalue weighted by Gasteiger charge is -2.13. The summed E-state index contributed by atoms with van der Waals surface area (Å²) in [6.07, 6.45) is -0.981. The SMILES string of the molecule is FC(F)(F)Oc1cccc(Nc2cc(-c3ccccn3)nc(NC3CC3)n2)c1. The number of halogens is 3. The molecule has 0 aliphatic heterocycles. The van der Waals surface area contributed by atoms with Crippen LogP contribution in [0.1, 0.15) is 12.8 Å². The van der Waals surface area contributed by atoms with E-state index in [1.54, 1.807) is 24.4 Å². The molecule has 0 unspecified atom stereocenters. The highest BCUT2D eigenvalue weighted by Crippen LogP contribution is 2.29. The minimum absolute atomic E-state index is 0.312. The number of benzene rings is 1. The molecular weight excluding hydrogens is 371 g/mol. The van der Waals surface area contributed by atoms with Gasteiger partial charge in [-0.05, 0) is 37.1 Å². The van der Waals surface area contributed by atoms with Gasteiger partial charge >= 0.3 is 6.36 Å². The number of nitrogens with zero attached hydrogens (tertiary/aromatic N) is 3. The first-order valence-electron chi connectivity index (χ1n) is 8.64. The third-order valence-corrected chi connectivity index (χ3v) is 3.90. The second kappa shape index (κ2) is 7.34. The molecule has 144 valence electrons. The fraction of sp³-hybridized carbons (Fsp3) is 0.211. The van der Waals surface area contributed by atoms with Crippen molar-refractivity contribution >= 4 is 17.5 Å². The first kappa shape index (κ1) is 18.0. The van der Waals surface area contributed by atoms with Crippen LogP contribution in [-0.4, -0.2) is 27.4 Å². The number of anilines is 3. The van der Waals surface area contributed by atoms with Gasteiger partial charge in [0.25, 0.3) is 0 Å². The van der Waals surface area contributed by atoms with E-state index in [1.807, 2.05) is 12.1 Å². The molecule has 0 bridgehead atoms. The molecule has 6 nitrogen and oxygen atoms in total. The van der Waals surface area contributed by atoms with Crippen molar-refractivity contribution in [3.05, 3.63) is 54.7 Å².